The molecular weight excluding hydrogens is 475 g/mol. The van der Waals surface area contributed by atoms with Crippen molar-refractivity contribution in [3.63, 3.8) is 0 Å². The molecule has 0 aromatic heterocycles. The van der Waals surface area contributed by atoms with E-state index in [2.05, 4.69) is 11.4 Å². The third-order valence-electron chi connectivity index (χ3n) is 5.03. The first kappa shape index (κ1) is 25.3. The van der Waals surface area contributed by atoms with E-state index in [1.807, 2.05) is 13.0 Å². The highest BCUT2D eigenvalue weighted by Crippen LogP contribution is 2.27. The molecule has 0 spiro atoms. The number of anilines is 1. The molecule has 1 radical (unpaired) electrons. The fourth-order valence-electron chi connectivity index (χ4n) is 3.30. The quantitative estimate of drug-likeness (QED) is 0.400. The van der Waals surface area contributed by atoms with Gasteiger partial charge in [-0.05, 0) is 73.0 Å². The topological polar surface area (TPSA) is 88.4 Å². The van der Waals surface area contributed by atoms with Gasteiger partial charge < -0.3 is 14.8 Å². The number of ketones is 1. The van der Waals surface area contributed by atoms with E-state index in [9.17, 15) is 9.59 Å². The second kappa shape index (κ2) is 11.7. The molecular formula is C26H21Cl2N2O4. The molecule has 0 aliphatic rings. The van der Waals surface area contributed by atoms with E-state index in [1.165, 1.54) is 30.3 Å². The number of carbonyl (C=O) groups excluding carboxylic acids is 2. The van der Waals surface area contributed by atoms with Crippen molar-refractivity contribution in [1.82, 2.24) is 0 Å². The number of amides is 1. The largest absolute Gasteiger partial charge is 0.483 e. The first-order valence-electron chi connectivity index (χ1n) is 10.3. The van der Waals surface area contributed by atoms with Gasteiger partial charge in [-0.1, -0.05) is 29.3 Å². The maximum atomic E-state index is 13.1. The first-order chi connectivity index (χ1) is 16.3. The van der Waals surface area contributed by atoms with Crippen molar-refractivity contribution >= 4 is 40.6 Å². The van der Waals surface area contributed by atoms with Crippen molar-refractivity contribution in [3.8, 4) is 11.8 Å². The molecule has 1 N–H and O–H groups in total. The molecule has 0 bridgehead atoms. The molecule has 0 saturated carbocycles. The molecule has 0 unspecified atom stereocenters. The zero-order valence-electron chi connectivity index (χ0n) is 18.6. The number of halogens is 2. The fourth-order valence-corrected chi connectivity index (χ4v) is 3.70. The van der Waals surface area contributed by atoms with E-state index in [0.717, 1.165) is 11.1 Å². The molecule has 8 heteroatoms. The first-order valence-corrected chi connectivity index (χ1v) is 11.0. The summed E-state index contributed by atoms with van der Waals surface area (Å²) in [4.78, 5) is 25.7. The highest BCUT2D eigenvalue weighted by Gasteiger charge is 2.18. The number of rotatable bonds is 9. The van der Waals surface area contributed by atoms with E-state index >= 15 is 0 Å². The molecule has 0 fully saturated rings. The summed E-state index contributed by atoms with van der Waals surface area (Å²) in [5.41, 5.74) is 3.10. The van der Waals surface area contributed by atoms with Gasteiger partial charge in [0.15, 0.2) is 12.4 Å². The highest BCUT2D eigenvalue weighted by atomic mass is 35.5. The lowest BCUT2D eigenvalue weighted by Gasteiger charge is -2.14. The van der Waals surface area contributed by atoms with Crippen LogP contribution >= 0.6 is 23.2 Å². The average molecular weight is 496 g/mol. The van der Waals surface area contributed by atoms with Crippen molar-refractivity contribution < 1.29 is 19.1 Å². The summed E-state index contributed by atoms with van der Waals surface area (Å²) in [6.07, 6.45) is 0.676. The van der Waals surface area contributed by atoms with Crippen molar-refractivity contribution in [1.29, 1.82) is 5.26 Å². The Balaban J connectivity index is 1.76. The average Bonchev–Trinajstić information content (AvgIpc) is 2.82. The van der Waals surface area contributed by atoms with Crippen molar-refractivity contribution in [2.45, 2.75) is 13.3 Å². The number of ether oxygens (including phenoxy) is 2. The third-order valence-corrected chi connectivity index (χ3v) is 5.48. The predicted octanol–water partition coefficient (Wildman–Crippen LogP) is 5.41. The molecule has 6 nitrogen and oxygen atoms in total. The lowest BCUT2D eigenvalue weighted by molar-refractivity contribution is -0.118. The van der Waals surface area contributed by atoms with Crippen LogP contribution in [0.2, 0.25) is 10.0 Å². The minimum absolute atomic E-state index is 0.152. The van der Waals surface area contributed by atoms with Gasteiger partial charge in [-0.2, -0.15) is 5.26 Å². The van der Waals surface area contributed by atoms with Gasteiger partial charge in [0.25, 0.3) is 5.91 Å². The van der Waals surface area contributed by atoms with Gasteiger partial charge in [0.1, 0.15) is 5.75 Å². The van der Waals surface area contributed by atoms with E-state index < -0.39 is 11.7 Å². The van der Waals surface area contributed by atoms with E-state index in [-0.39, 0.29) is 34.1 Å². The SMILES string of the molecule is COCCc1[c]ccc(NC(=O)COc2ccc(Cl)cc2C(=O)c2cc(Cl)cc(C#N)c2)c1C. The summed E-state index contributed by atoms with van der Waals surface area (Å²) in [6, 6.07) is 17.5. The Hall–Kier alpha value is -3.37. The van der Waals surface area contributed by atoms with Crippen LogP contribution in [0.4, 0.5) is 5.69 Å². The molecule has 0 aliphatic carbocycles. The molecule has 3 rings (SSSR count). The van der Waals surface area contributed by atoms with Crippen LogP contribution in [-0.2, 0) is 16.0 Å². The number of nitriles is 1. The minimum atomic E-state index is -0.436. The second-order valence-electron chi connectivity index (χ2n) is 7.38. The van der Waals surface area contributed by atoms with Crippen LogP contribution in [0, 0.1) is 24.3 Å². The van der Waals surface area contributed by atoms with Crippen LogP contribution in [0.1, 0.15) is 32.6 Å². The van der Waals surface area contributed by atoms with E-state index in [0.29, 0.717) is 23.7 Å². The van der Waals surface area contributed by atoms with Gasteiger partial charge in [-0.25, -0.2) is 0 Å². The van der Waals surface area contributed by atoms with Crippen LogP contribution in [-0.4, -0.2) is 32.0 Å². The van der Waals surface area contributed by atoms with E-state index in [1.54, 1.807) is 25.3 Å². The van der Waals surface area contributed by atoms with Gasteiger partial charge in [0, 0.05) is 28.4 Å². The molecule has 0 heterocycles. The minimum Gasteiger partial charge on any atom is -0.483 e. The summed E-state index contributed by atoms with van der Waals surface area (Å²) in [5, 5.41) is 12.6. The van der Waals surface area contributed by atoms with Crippen molar-refractivity contribution in [2.24, 2.45) is 0 Å². The molecule has 3 aromatic rings. The zero-order valence-corrected chi connectivity index (χ0v) is 20.1. The maximum absolute atomic E-state index is 13.1. The Morgan fingerprint density at radius 3 is 2.65 bits per heavy atom. The second-order valence-corrected chi connectivity index (χ2v) is 8.26. The predicted molar refractivity (Wildman–Crippen MR) is 131 cm³/mol. The summed E-state index contributed by atoms with van der Waals surface area (Å²) < 4.78 is 10.8. The molecule has 3 aromatic carbocycles. The molecule has 0 aliphatic heterocycles. The van der Waals surface area contributed by atoms with Crippen molar-refractivity contribution in [2.75, 3.05) is 25.6 Å². The lowest BCUT2D eigenvalue weighted by atomic mass is 10.0. The number of nitrogens with one attached hydrogen (secondary N) is 1. The Bertz CT molecular complexity index is 1270. The number of carbonyl (C=O) groups is 2. The molecule has 173 valence electrons. The molecule has 34 heavy (non-hydrogen) atoms. The lowest BCUT2D eigenvalue weighted by Crippen LogP contribution is -2.21. The Morgan fingerprint density at radius 2 is 1.91 bits per heavy atom. The number of hydrogen-bond donors (Lipinski definition) is 1. The van der Waals surface area contributed by atoms with Gasteiger partial charge in [0.2, 0.25) is 0 Å². The van der Waals surface area contributed by atoms with Crippen molar-refractivity contribution in [3.05, 3.63) is 92.5 Å². The standard InChI is InChI=1S/C26H21Cl2N2O4/c1-16-18(8-9-33-2)4-3-5-23(16)30-25(31)15-34-24-7-6-20(27)13-22(24)26(32)19-10-17(14-29)11-21(28)12-19/h3,5-7,10-13H,8-9,15H2,1-2H3,(H,30,31). The third kappa shape index (κ3) is 6.36. The number of methoxy groups -OCH3 is 1. The van der Waals surface area contributed by atoms with Gasteiger partial charge in [-0.3, -0.25) is 9.59 Å². The summed E-state index contributed by atoms with van der Waals surface area (Å²) >= 11 is 12.1. The Kier molecular flexibility index (Phi) is 8.67. The molecule has 0 saturated heterocycles. The number of benzene rings is 3. The summed E-state index contributed by atoms with van der Waals surface area (Å²) in [6.45, 7) is 2.12. The van der Waals surface area contributed by atoms with Crippen LogP contribution in [0.3, 0.4) is 0 Å². The van der Waals surface area contributed by atoms with Crippen LogP contribution in [0.5, 0.6) is 5.75 Å². The normalized spacial score (nSPS) is 10.4. The van der Waals surface area contributed by atoms with Gasteiger partial charge in [-0.15, -0.1) is 0 Å². The zero-order chi connectivity index (χ0) is 24.7. The Morgan fingerprint density at radius 1 is 1.12 bits per heavy atom. The van der Waals surface area contributed by atoms with Gasteiger partial charge >= 0.3 is 0 Å². The smallest absolute Gasteiger partial charge is 0.262 e. The van der Waals surface area contributed by atoms with Crippen LogP contribution in [0.25, 0.3) is 0 Å². The molecule has 1 amide bonds. The fraction of sp³-hybridized carbons (Fsp3) is 0.192. The monoisotopic (exact) mass is 495 g/mol. The van der Waals surface area contributed by atoms with E-state index in [4.69, 9.17) is 37.9 Å². The maximum Gasteiger partial charge on any atom is 0.262 e. The number of nitrogens with zero attached hydrogens (tertiary/aromatic N) is 1. The molecule has 0 atom stereocenters. The summed E-state index contributed by atoms with van der Waals surface area (Å²) in [5.74, 6) is -0.647. The Labute approximate surface area is 208 Å². The van der Waals surface area contributed by atoms with Crippen LogP contribution < -0.4 is 10.1 Å². The summed E-state index contributed by atoms with van der Waals surface area (Å²) in [7, 11) is 1.63. The van der Waals surface area contributed by atoms with Gasteiger partial charge in [0.05, 0.1) is 23.8 Å². The van der Waals surface area contributed by atoms with Crippen LogP contribution in [0.15, 0.2) is 48.5 Å². The highest BCUT2D eigenvalue weighted by molar-refractivity contribution is 6.32. The number of hydrogen-bond acceptors (Lipinski definition) is 5.